The van der Waals surface area contributed by atoms with Gasteiger partial charge in [0.2, 0.25) is 0 Å². The third-order valence-corrected chi connectivity index (χ3v) is 6.66. The third kappa shape index (κ3) is 4.34. The van der Waals surface area contributed by atoms with Crippen LogP contribution in [0.1, 0.15) is 25.5 Å². The molecule has 1 aliphatic rings. The molecule has 1 N–H and O–H groups in total. The van der Waals surface area contributed by atoms with Crippen molar-refractivity contribution in [3.05, 3.63) is 108 Å². The second kappa shape index (κ2) is 9.98. The van der Waals surface area contributed by atoms with Crippen molar-refractivity contribution in [1.29, 1.82) is 0 Å². The highest BCUT2D eigenvalue weighted by molar-refractivity contribution is 6.11. The maximum absolute atomic E-state index is 13.8. The fourth-order valence-electron chi connectivity index (χ4n) is 4.93. The number of nitrogens with one attached hydrogen (secondary N) is 1. The number of anilines is 2. The molecule has 0 saturated carbocycles. The zero-order valence-electron chi connectivity index (χ0n) is 21.3. The van der Waals surface area contributed by atoms with Crippen molar-refractivity contribution < 1.29 is 18.7 Å². The molecule has 0 unspecified atom stereocenters. The van der Waals surface area contributed by atoms with Crippen LogP contribution in [0.25, 0.3) is 21.9 Å². The van der Waals surface area contributed by atoms with Crippen molar-refractivity contribution in [3.8, 4) is 11.5 Å². The van der Waals surface area contributed by atoms with E-state index >= 15 is 0 Å². The zero-order chi connectivity index (χ0) is 26.1. The van der Waals surface area contributed by atoms with E-state index in [-0.39, 0.29) is 11.9 Å². The van der Waals surface area contributed by atoms with Gasteiger partial charge >= 0.3 is 0 Å². The summed E-state index contributed by atoms with van der Waals surface area (Å²) in [4.78, 5) is 15.6. The van der Waals surface area contributed by atoms with E-state index in [0.717, 1.165) is 50.4 Å². The van der Waals surface area contributed by atoms with Crippen molar-refractivity contribution in [2.45, 2.75) is 19.9 Å². The Hall–Kier alpha value is -4.71. The number of furan rings is 1. The van der Waals surface area contributed by atoms with Gasteiger partial charge in [0.05, 0.1) is 19.3 Å². The van der Waals surface area contributed by atoms with Gasteiger partial charge in [-0.05, 0) is 92.2 Å². The van der Waals surface area contributed by atoms with Crippen LogP contribution in [0.15, 0.2) is 107 Å². The second-order valence-electron chi connectivity index (χ2n) is 9.06. The number of rotatable bonds is 8. The van der Waals surface area contributed by atoms with Crippen LogP contribution in [0.2, 0.25) is 0 Å². The number of nitrogens with zero attached hydrogens (tertiary/aromatic N) is 1. The summed E-state index contributed by atoms with van der Waals surface area (Å²) in [7, 11) is 0. The average molecular weight is 505 g/mol. The number of fused-ring (bicyclic) bond motifs is 3. The summed E-state index contributed by atoms with van der Waals surface area (Å²) in [5.74, 6) is 1.45. The largest absolute Gasteiger partial charge is 0.494 e. The minimum Gasteiger partial charge on any atom is -0.494 e. The van der Waals surface area contributed by atoms with Crippen LogP contribution in [0, 0.1) is 0 Å². The maximum atomic E-state index is 13.8. The number of hydrogen-bond acceptors (Lipinski definition) is 5. The summed E-state index contributed by atoms with van der Waals surface area (Å²) in [6.07, 6.45) is 1.98. The lowest BCUT2D eigenvalue weighted by Gasteiger charge is -2.25. The van der Waals surface area contributed by atoms with Crippen molar-refractivity contribution in [3.63, 3.8) is 0 Å². The molecule has 1 amide bonds. The first-order valence-corrected chi connectivity index (χ1v) is 12.8. The van der Waals surface area contributed by atoms with Crippen molar-refractivity contribution in [2.24, 2.45) is 0 Å². The fraction of sp³-hybridized carbons (Fsp3) is 0.156. The molecule has 0 spiro atoms. The Morgan fingerprint density at radius 3 is 2.16 bits per heavy atom. The molecule has 0 fully saturated rings. The van der Waals surface area contributed by atoms with Gasteiger partial charge in [0.1, 0.15) is 28.4 Å². The smallest absolute Gasteiger partial charge is 0.275 e. The molecule has 190 valence electrons. The van der Waals surface area contributed by atoms with Crippen LogP contribution in [0.3, 0.4) is 0 Å². The normalized spacial score (nSPS) is 15.2. The molecule has 1 aromatic heterocycles. The van der Waals surface area contributed by atoms with Crippen LogP contribution in [0.4, 0.5) is 11.4 Å². The van der Waals surface area contributed by atoms with Gasteiger partial charge in [0.15, 0.2) is 0 Å². The van der Waals surface area contributed by atoms with Gasteiger partial charge in [-0.1, -0.05) is 24.3 Å². The molecule has 2 heterocycles. The average Bonchev–Trinajstić information content (AvgIpc) is 3.47. The number of ether oxygens (including phenoxy) is 2. The number of hydrogen-bond donors (Lipinski definition) is 1. The summed E-state index contributed by atoms with van der Waals surface area (Å²) >= 11 is 0. The number of amides is 1. The van der Waals surface area contributed by atoms with E-state index in [9.17, 15) is 4.79 Å². The van der Waals surface area contributed by atoms with E-state index < -0.39 is 0 Å². The fourth-order valence-corrected chi connectivity index (χ4v) is 4.93. The summed E-state index contributed by atoms with van der Waals surface area (Å²) < 4.78 is 17.2. The Balaban J connectivity index is 1.40. The van der Waals surface area contributed by atoms with Gasteiger partial charge in [-0.2, -0.15) is 0 Å². The summed E-state index contributed by atoms with van der Waals surface area (Å²) in [5.41, 5.74) is 4.79. The molecule has 6 rings (SSSR count). The molecule has 0 aliphatic carbocycles. The SMILES string of the molecule is CCOc1ccc(NC2=C[C@H](c3ccc4oc5ccccc5c4c3)N(c3ccc(OCC)cc3)C2=O)cc1. The molecule has 0 saturated heterocycles. The zero-order valence-corrected chi connectivity index (χ0v) is 21.3. The Morgan fingerprint density at radius 2 is 1.45 bits per heavy atom. The van der Waals surface area contributed by atoms with E-state index in [1.807, 2.05) is 104 Å². The predicted molar refractivity (Wildman–Crippen MR) is 151 cm³/mol. The molecule has 0 bridgehead atoms. The molecule has 5 aromatic rings. The Labute approximate surface area is 221 Å². The molecule has 38 heavy (non-hydrogen) atoms. The first-order valence-electron chi connectivity index (χ1n) is 12.8. The Morgan fingerprint density at radius 1 is 0.789 bits per heavy atom. The summed E-state index contributed by atoms with van der Waals surface area (Å²) in [6.45, 7) is 5.09. The minimum absolute atomic E-state index is 0.106. The molecule has 1 aliphatic heterocycles. The molecule has 1 atom stereocenters. The predicted octanol–water partition coefficient (Wildman–Crippen LogP) is 7.47. The molecule has 4 aromatic carbocycles. The monoisotopic (exact) mass is 504 g/mol. The lowest BCUT2D eigenvalue weighted by molar-refractivity contribution is -0.114. The quantitative estimate of drug-likeness (QED) is 0.237. The van der Waals surface area contributed by atoms with Gasteiger partial charge in [0.25, 0.3) is 5.91 Å². The first kappa shape index (κ1) is 23.7. The van der Waals surface area contributed by atoms with Gasteiger partial charge in [-0.15, -0.1) is 0 Å². The number of benzene rings is 4. The van der Waals surface area contributed by atoms with E-state index in [4.69, 9.17) is 13.9 Å². The lowest BCUT2D eigenvalue weighted by Crippen LogP contribution is -2.30. The molecule has 6 heteroatoms. The Kier molecular flexibility index (Phi) is 6.22. The highest BCUT2D eigenvalue weighted by atomic mass is 16.5. The highest BCUT2D eigenvalue weighted by Crippen LogP contribution is 2.39. The van der Waals surface area contributed by atoms with Crippen LogP contribution in [0.5, 0.6) is 11.5 Å². The van der Waals surface area contributed by atoms with Gasteiger partial charge in [-0.25, -0.2) is 0 Å². The molecule has 6 nitrogen and oxygen atoms in total. The van der Waals surface area contributed by atoms with Crippen LogP contribution in [-0.2, 0) is 4.79 Å². The van der Waals surface area contributed by atoms with Crippen LogP contribution in [-0.4, -0.2) is 19.1 Å². The molecular formula is C32H28N2O4. The van der Waals surface area contributed by atoms with E-state index in [2.05, 4.69) is 17.4 Å². The first-order chi connectivity index (χ1) is 18.6. The van der Waals surface area contributed by atoms with Crippen LogP contribution < -0.4 is 19.7 Å². The van der Waals surface area contributed by atoms with Crippen molar-refractivity contribution in [1.82, 2.24) is 0 Å². The summed E-state index contributed by atoms with van der Waals surface area (Å²) in [6, 6.07) is 29.1. The standard InChI is InChI=1S/C32H28N2O4/c1-3-36-24-14-10-22(11-15-24)33-28-20-29(34(32(28)35)23-12-16-25(17-13-23)37-4-2)21-9-18-31-27(19-21)26-7-5-6-8-30(26)38-31/h5-20,29,33H,3-4H2,1-2H3/t29-/m1/s1. The van der Waals surface area contributed by atoms with Crippen LogP contribution >= 0.6 is 0 Å². The number of carbonyl (C=O) groups is 1. The second-order valence-corrected chi connectivity index (χ2v) is 9.06. The lowest BCUT2D eigenvalue weighted by atomic mass is 10.0. The van der Waals surface area contributed by atoms with E-state index in [0.29, 0.717) is 18.9 Å². The number of carbonyl (C=O) groups excluding carboxylic acids is 1. The van der Waals surface area contributed by atoms with E-state index in [1.165, 1.54) is 0 Å². The van der Waals surface area contributed by atoms with Crippen molar-refractivity contribution >= 4 is 39.2 Å². The highest BCUT2D eigenvalue weighted by Gasteiger charge is 2.35. The topological polar surface area (TPSA) is 63.9 Å². The van der Waals surface area contributed by atoms with Gasteiger partial charge < -0.3 is 19.2 Å². The number of para-hydroxylation sites is 1. The van der Waals surface area contributed by atoms with Gasteiger partial charge in [0, 0.05) is 22.1 Å². The molecular weight excluding hydrogens is 476 g/mol. The maximum Gasteiger partial charge on any atom is 0.275 e. The Bertz CT molecular complexity index is 1630. The molecule has 0 radical (unpaired) electrons. The van der Waals surface area contributed by atoms with E-state index in [1.54, 1.807) is 0 Å². The van der Waals surface area contributed by atoms with Gasteiger partial charge in [-0.3, -0.25) is 9.69 Å². The van der Waals surface area contributed by atoms with Crippen molar-refractivity contribution in [2.75, 3.05) is 23.4 Å². The minimum atomic E-state index is -0.302. The summed E-state index contributed by atoms with van der Waals surface area (Å²) in [5, 5.41) is 5.40. The third-order valence-electron chi connectivity index (χ3n) is 6.66.